The molecule has 1 atom stereocenters. The Hall–Kier alpha value is -5.84. The molecule has 4 aromatic carbocycles. The van der Waals surface area contributed by atoms with Gasteiger partial charge in [-0.25, -0.2) is 9.59 Å². The first-order chi connectivity index (χ1) is 24.2. The number of para-hydroxylation sites is 1. The van der Waals surface area contributed by atoms with Crippen LogP contribution in [-0.4, -0.2) is 55.2 Å². The predicted molar refractivity (Wildman–Crippen MR) is 188 cm³/mol. The van der Waals surface area contributed by atoms with Crippen LogP contribution in [0.25, 0.3) is 0 Å². The number of nitrogens with one attached hydrogen (secondary N) is 2. The summed E-state index contributed by atoms with van der Waals surface area (Å²) in [6.07, 6.45) is 5.63. The number of unbranched alkanes of at least 4 members (excludes halogenated alkanes) is 4. The zero-order chi connectivity index (χ0) is 35.7. The molecular weight excluding hydrogens is 640 g/mol. The van der Waals surface area contributed by atoms with E-state index in [9.17, 15) is 24.3 Å². The molecule has 4 rings (SSSR count). The number of hydrogen-bond acceptors (Lipinski definition) is 8. The summed E-state index contributed by atoms with van der Waals surface area (Å²) in [5, 5.41) is 15.1. The van der Waals surface area contributed by atoms with E-state index in [0.29, 0.717) is 34.9 Å². The molecule has 0 aliphatic rings. The van der Waals surface area contributed by atoms with E-state index in [4.69, 9.17) is 18.9 Å². The molecule has 50 heavy (non-hydrogen) atoms. The van der Waals surface area contributed by atoms with E-state index in [-0.39, 0.29) is 36.0 Å². The molecule has 11 nitrogen and oxygen atoms in total. The number of anilines is 1. The number of amides is 2. The Morgan fingerprint density at radius 1 is 0.740 bits per heavy atom. The van der Waals surface area contributed by atoms with Crippen LogP contribution in [0.4, 0.5) is 5.69 Å². The van der Waals surface area contributed by atoms with Crippen LogP contribution in [0.15, 0.2) is 97.1 Å². The third-order valence-electron chi connectivity index (χ3n) is 7.62. The standard InChI is InChI=1S/C39H42N2O9/c1-3-4-5-6-10-23-48-32-20-16-29(17-21-32)39(46)50-34-22-13-27(25-35(34)47-2)24-33(38(44)45)41-37(43)28-14-18-30(19-15-28)40-36(42)26-49-31-11-8-7-9-12-31/h7-9,11-22,25,33H,3-6,10,23-24,26H2,1-2H3,(H,40,42)(H,41,43)(H,44,45). The van der Waals surface area contributed by atoms with Crippen LogP contribution in [0.3, 0.4) is 0 Å². The Labute approximate surface area is 291 Å². The Morgan fingerprint density at radius 3 is 2.10 bits per heavy atom. The molecule has 4 aromatic rings. The molecule has 11 heteroatoms. The highest BCUT2D eigenvalue weighted by molar-refractivity contribution is 5.98. The van der Waals surface area contributed by atoms with Gasteiger partial charge in [0.25, 0.3) is 11.8 Å². The van der Waals surface area contributed by atoms with Crippen molar-refractivity contribution in [3.05, 3.63) is 114 Å². The fourth-order valence-corrected chi connectivity index (χ4v) is 4.91. The number of carbonyl (C=O) groups excluding carboxylic acids is 3. The van der Waals surface area contributed by atoms with Crippen LogP contribution in [0.5, 0.6) is 23.0 Å². The number of rotatable bonds is 19. The van der Waals surface area contributed by atoms with E-state index in [1.165, 1.54) is 56.7 Å². The minimum Gasteiger partial charge on any atom is -0.494 e. The number of benzene rings is 4. The normalized spacial score (nSPS) is 11.2. The monoisotopic (exact) mass is 682 g/mol. The van der Waals surface area contributed by atoms with E-state index in [1.807, 2.05) is 6.07 Å². The van der Waals surface area contributed by atoms with Crippen molar-refractivity contribution < 1.29 is 43.2 Å². The summed E-state index contributed by atoms with van der Waals surface area (Å²) in [5.74, 6) is -1.20. The third-order valence-corrected chi connectivity index (χ3v) is 7.62. The fraction of sp³-hybridized carbons (Fsp3) is 0.282. The zero-order valence-corrected chi connectivity index (χ0v) is 28.2. The largest absolute Gasteiger partial charge is 0.494 e. The Morgan fingerprint density at radius 2 is 1.42 bits per heavy atom. The third kappa shape index (κ3) is 11.7. The van der Waals surface area contributed by atoms with Crippen molar-refractivity contribution in [1.29, 1.82) is 0 Å². The summed E-state index contributed by atoms with van der Waals surface area (Å²) in [7, 11) is 1.41. The second kappa shape index (κ2) is 19.2. The molecule has 0 saturated heterocycles. The van der Waals surface area contributed by atoms with Gasteiger partial charge in [-0.05, 0) is 84.8 Å². The SMILES string of the molecule is CCCCCCCOc1ccc(C(=O)Oc2ccc(CC(NC(=O)c3ccc(NC(=O)COc4ccccc4)cc3)C(=O)O)cc2OC)cc1. The first-order valence-electron chi connectivity index (χ1n) is 16.5. The van der Waals surface area contributed by atoms with Crippen molar-refractivity contribution in [2.24, 2.45) is 0 Å². The first kappa shape index (κ1) is 37.0. The topological polar surface area (TPSA) is 149 Å². The summed E-state index contributed by atoms with van der Waals surface area (Å²) in [6.45, 7) is 2.60. The highest BCUT2D eigenvalue weighted by Gasteiger charge is 2.23. The van der Waals surface area contributed by atoms with Gasteiger partial charge in [0, 0.05) is 17.7 Å². The number of ether oxygens (including phenoxy) is 4. The fourth-order valence-electron chi connectivity index (χ4n) is 4.91. The van der Waals surface area contributed by atoms with Crippen molar-refractivity contribution in [3.63, 3.8) is 0 Å². The Kier molecular flexibility index (Phi) is 14.2. The number of carboxylic acid groups (broad SMARTS) is 1. The molecule has 0 saturated carbocycles. The van der Waals surface area contributed by atoms with E-state index < -0.39 is 23.9 Å². The lowest BCUT2D eigenvalue weighted by Crippen LogP contribution is -2.42. The lowest BCUT2D eigenvalue weighted by molar-refractivity contribution is -0.139. The van der Waals surface area contributed by atoms with E-state index in [2.05, 4.69) is 17.6 Å². The second-order valence-corrected chi connectivity index (χ2v) is 11.5. The van der Waals surface area contributed by atoms with Crippen molar-refractivity contribution in [1.82, 2.24) is 5.32 Å². The predicted octanol–water partition coefficient (Wildman–Crippen LogP) is 6.71. The van der Waals surface area contributed by atoms with Crippen LogP contribution < -0.4 is 29.6 Å². The summed E-state index contributed by atoms with van der Waals surface area (Å²) in [6, 6.07) is 25.0. The zero-order valence-electron chi connectivity index (χ0n) is 28.2. The maximum Gasteiger partial charge on any atom is 0.343 e. The minimum absolute atomic E-state index is 0.0682. The summed E-state index contributed by atoms with van der Waals surface area (Å²) >= 11 is 0. The number of methoxy groups -OCH3 is 1. The van der Waals surface area contributed by atoms with Gasteiger partial charge in [0.05, 0.1) is 19.3 Å². The second-order valence-electron chi connectivity index (χ2n) is 11.5. The maximum absolute atomic E-state index is 12.9. The number of carbonyl (C=O) groups is 4. The quantitative estimate of drug-likeness (QED) is 0.0558. The maximum atomic E-state index is 12.9. The summed E-state index contributed by atoms with van der Waals surface area (Å²) in [4.78, 5) is 50.1. The molecule has 0 spiro atoms. The van der Waals surface area contributed by atoms with Gasteiger partial charge in [-0.1, -0.05) is 56.9 Å². The lowest BCUT2D eigenvalue weighted by Gasteiger charge is -2.16. The number of hydrogen-bond donors (Lipinski definition) is 3. The van der Waals surface area contributed by atoms with E-state index >= 15 is 0 Å². The number of carboxylic acids is 1. The van der Waals surface area contributed by atoms with Crippen LogP contribution in [-0.2, 0) is 16.0 Å². The van der Waals surface area contributed by atoms with Gasteiger partial charge in [0.15, 0.2) is 18.1 Å². The molecule has 1 unspecified atom stereocenters. The van der Waals surface area contributed by atoms with Gasteiger partial charge in [0.1, 0.15) is 17.5 Å². The molecule has 0 aromatic heterocycles. The molecule has 0 heterocycles. The summed E-state index contributed by atoms with van der Waals surface area (Å²) in [5.41, 5.74) is 1.51. The van der Waals surface area contributed by atoms with Gasteiger partial charge < -0.3 is 34.7 Å². The molecule has 0 aliphatic carbocycles. The molecule has 262 valence electrons. The van der Waals surface area contributed by atoms with Crippen molar-refractivity contribution in [2.75, 3.05) is 25.6 Å². The molecule has 3 N–H and O–H groups in total. The van der Waals surface area contributed by atoms with Crippen LogP contribution in [0, 0.1) is 0 Å². The minimum atomic E-state index is -1.27. The van der Waals surface area contributed by atoms with Gasteiger partial charge in [-0.3, -0.25) is 9.59 Å². The van der Waals surface area contributed by atoms with Crippen molar-refractivity contribution in [3.8, 4) is 23.0 Å². The summed E-state index contributed by atoms with van der Waals surface area (Å²) < 4.78 is 22.2. The van der Waals surface area contributed by atoms with Gasteiger partial charge in [0.2, 0.25) is 0 Å². The van der Waals surface area contributed by atoms with Gasteiger partial charge in [-0.15, -0.1) is 0 Å². The van der Waals surface area contributed by atoms with E-state index in [0.717, 1.165) is 12.8 Å². The van der Waals surface area contributed by atoms with Gasteiger partial charge in [-0.2, -0.15) is 0 Å². The highest BCUT2D eigenvalue weighted by atomic mass is 16.6. The number of aliphatic carboxylic acids is 1. The van der Waals surface area contributed by atoms with Gasteiger partial charge >= 0.3 is 11.9 Å². The molecule has 0 bridgehead atoms. The smallest absolute Gasteiger partial charge is 0.343 e. The average Bonchev–Trinajstić information content (AvgIpc) is 3.13. The van der Waals surface area contributed by atoms with Crippen LogP contribution in [0.1, 0.15) is 65.3 Å². The number of esters is 1. The highest BCUT2D eigenvalue weighted by Crippen LogP contribution is 2.30. The molecule has 0 radical (unpaired) electrons. The molecule has 0 aliphatic heterocycles. The van der Waals surface area contributed by atoms with Crippen molar-refractivity contribution in [2.45, 2.75) is 51.5 Å². The van der Waals surface area contributed by atoms with Crippen molar-refractivity contribution >= 4 is 29.4 Å². The molecule has 0 fully saturated rings. The van der Waals surface area contributed by atoms with Crippen LogP contribution >= 0.6 is 0 Å². The molecule has 2 amide bonds. The van der Waals surface area contributed by atoms with Crippen LogP contribution in [0.2, 0.25) is 0 Å². The Balaban J connectivity index is 1.29. The Bertz CT molecular complexity index is 1710. The molecular formula is C39H42N2O9. The lowest BCUT2D eigenvalue weighted by atomic mass is 10.0. The average molecular weight is 683 g/mol. The van der Waals surface area contributed by atoms with E-state index in [1.54, 1.807) is 60.7 Å². The first-order valence-corrected chi connectivity index (χ1v) is 16.5.